The van der Waals surface area contributed by atoms with Gasteiger partial charge < -0.3 is 4.90 Å². The second-order valence-corrected chi connectivity index (χ2v) is 9.54. The summed E-state index contributed by atoms with van der Waals surface area (Å²) >= 11 is 0. The second-order valence-electron chi connectivity index (χ2n) is 7.83. The summed E-state index contributed by atoms with van der Waals surface area (Å²) in [6.45, 7) is 4.08. The first-order chi connectivity index (χ1) is 14.0. The first kappa shape index (κ1) is 20.1. The Kier molecular flexibility index (Phi) is 5.99. The van der Waals surface area contributed by atoms with Crippen LogP contribution >= 0.6 is 0 Å². The van der Waals surface area contributed by atoms with E-state index in [-0.39, 0.29) is 16.8 Å². The fraction of sp³-hybridized carbons (Fsp3) is 0.409. The molecule has 0 unspecified atom stereocenters. The molecular weight excluding hydrogens is 386 g/mol. The van der Waals surface area contributed by atoms with E-state index in [0.29, 0.717) is 18.7 Å². The number of hydrogen-bond acceptors (Lipinski definition) is 4. The van der Waals surface area contributed by atoms with Gasteiger partial charge in [0.05, 0.1) is 4.90 Å². The zero-order valence-corrected chi connectivity index (χ0v) is 17.3. The lowest BCUT2D eigenvalue weighted by molar-refractivity contribution is 0.0761. The summed E-state index contributed by atoms with van der Waals surface area (Å²) in [6.07, 6.45) is 2.72. The van der Waals surface area contributed by atoms with E-state index in [0.717, 1.165) is 38.9 Å². The van der Waals surface area contributed by atoms with E-state index in [1.807, 2.05) is 23.1 Å². The second kappa shape index (κ2) is 8.65. The SMILES string of the molecule is O=C(c1ccc(S(=O)(=O)NC2CC2)cc1)N1CCCN(Cc2ccccc2)CC1. The lowest BCUT2D eigenvalue weighted by atomic mass is 10.2. The number of carbonyl (C=O) groups is 1. The predicted octanol–water partition coefficient (Wildman–Crippen LogP) is 2.48. The van der Waals surface area contributed by atoms with Crippen LogP contribution in [0, 0.1) is 0 Å². The van der Waals surface area contributed by atoms with Crippen LogP contribution in [-0.4, -0.2) is 56.3 Å². The third-order valence-corrected chi connectivity index (χ3v) is 6.97. The molecule has 2 aromatic carbocycles. The largest absolute Gasteiger partial charge is 0.337 e. The van der Waals surface area contributed by atoms with Crippen molar-refractivity contribution in [3.05, 3.63) is 65.7 Å². The molecule has 4 rings (SSSR count). The lowest BCUT2D eigenvalue weighted by Crippen LogP contribution is -2.35. The molecule has 1 aliphatic heterocycles. The highest BCUT2D eigenvalue weighted by Gasteiger charge is 2.28. The molecule has 0 radical (unpaired) electrons. The molecule has 1 saturated heterocycles. The number of nitrogens with one attached hydrogen (secondary N) is 1. The molecule has 0 aromatic heterocycles. The van der Waals surface area contributed by atoms with E-state index < -0.39 is 10.0 Å². The Morgan fingerprint density at radius 2 is 1.66 bits per heavy atom. The monoisotopic (exact) mass is 413 g/mol. The number of carbonyl (C=O) groups excluding carboxylic acids is 1. The van der Waals surface area contributed by atoms with E-state index in [2.05, 4.69) is 21.8 Å². The van der Waals surface area contributed by atoms with Crippen LogP contribution in [0.1, 0.15) is 35.2 Å². The molecule has 1 heterocycles. The van der Waals surface area contributed by atoms with Gasteiger partial charge >= 0.3 is 0 Å². The highest BCUT2D eigenvalue weighted by molar-refractivity contribution is 7.89. The maximum atomic E-state index is 12.9. The first-order valence-electron chi connectivity index (χ1n) is 10.2. The number of rotatable bonds is 6. The minimum Gasteiger partial charge on any atom is -0.337 e. The van der Waals surface area contributed by atoms with Crippen LogP contribution in [0.4, 0.5) is 0 Å². The quantitative estimate of drug-likeness (QED) is 0.790. The summed E-state index contributed by atoms with van der Waals surface area (Å²) in [5.74, 6) is -0.0364. The van der Waals surface area contributed by atoms with Gasteiger partial charge in [-0.3, -0.25) is 9.69 Å². The lowest BCUT2D eigenvalue weighted by Gasteiger charge is -2.22. The van der Waals surface area contributed by atoms with Crippen LogP contribution in [-0.2, 0) is 16.6 Å². The zero-order valence-electron chi connectivity index (χ0n) is 16.5. The summed E-state index contributed by atoms with van der Waals surface area (Å²) in [5.41, 5.74) is 1.82. The van der Waals surface area contributed by atoms with Gasteiger partial charge in [0.1, 0.15) is 0 Å². The van der Waals surface area contributed by atoms with Gasteiger partial charge in [-0.15, -0.1) is 0 Å². The van der Waals surface area contributed by atoms with Crippen molar-refractivity contribution in [2.45, 2.75) is 36.7 Å². The summed E-state index contributed by atoms with van der Waals surface area (Å²) in [6, 6.07) is 16.7. The number of sulfonamides is 1. The molecular formula is C22H27N3O3S. The Bertz CT molecular complexity index is 941. The standard InChI is InChI=1S/C22H27N3O3S/c26-22(19-7-11-21(12-8-19)29(27,28)23-20-9-10-20)25-14-4-13-24(15-16-25)17-18-5-2-1-3-6-18/h1-3,5-8,11-12,20,23H,4,9-10,13-17H2. The van der Waals surface area contributed by atoms with Crippen molar-refractivity contribution >= 4 is 15.9 Å². The van der Waals surface area contributed by atoms with Gasteiger partial charge in [0.25, 0.3) is 5.91 Å². The molecule has 2 fully saturated rings. The van der Waals surface area contributed by atoms with Crippen molar-refractivity contribution in [1.82, 2.24) is 14.5 Å². The normalized spacial score (nSPS) is 18.4. The summed E-state index contributed by atoms with van der Waals surface area (Å²) in [5, 5.41) is 0. The molecule has 2 aromatic rings. The third kappa shape index (κ3) is 5.23. The molecule has 0 bridgehead atoms. The molecule has 1 saturated carbocycles. The molecule has 2 aliphatic rings. The van der Waals surface area contributed by atoms with Crippen LogP contribution in [0.15, 0.2) is 59.5 Å². The molecule has 0 spiro atoms. The molecule has 7 heteroatoms. The summed E-state index contributed by atoms with van der Waals surface area (Å²) in [4.78, 5) is 17.4. The Morgan fingerprint density at radius 1 is 0.931 bits per heavy atom. The Labute approximate surface area is 172 Å². The number of nitrogens with zero attached hydrogens (tertiary/aromatic N) is 2. The van der Waals surface area contributed by atoms with E-state index in [1.165, 1.54) is 17.7 Å². The maximum Gasteiger partial charge on any atom is 0.253 e. The van der Waals surface area contributed by atoms with Crippen molar-refractivity contribution in [2.75, 3.05) is 26.2 Å². The third-order valence-electron chi connectivity index (χ3n) is 5.44. The minimum atomic E-state index is -3.49. The van der Waals surface area contributed by atoms with Gasteiger partial charge in [0.15, 0.2) is 0 Å². The zero-order chi connectivity index (χ0) is 20.3. The fourth-order valence-corrected chi connectivity index (χ4v) is 4.93. The van der Waals surface area contributed by atoms with Crippen molar-refractivity contribution in [2.24, 2.45) is 0 Å². The van der Waals surface area contributed by atoms with Crippen LogP contribution in [0.5, 0.6) is 0 Å². The van der Waals surface area contributed by atoms with E-state index in [1.54, 1.807) is 12.1 Å². The number of hydrogen-bond donors (Lipinski definition) is 1. The minimum absolute atomic E-state index is 0.0364. The first-order valence-corrected chi connectivity index (χ1v) is 11.7. The van der Waals surface area contributed by atoms with Crippen molar-refractivity contribution in [3.63, 3.8) is 0 Å². The summed E-state index contributed by atoms with van der Waals surface area (Å²) < 4.78 is 27.2. The number of benzene rings is 2. The van der Waals surface area contributed by atoms with Crippen LogP contribution in [0.3, 0.4) is 0 Å². The fourth-order valence-electron chi connectivity index (χ4n) is 3.62. The van der Waals surface area contributed by atoms with Crippen LogP contribution < -0.4 is 4.72 Å². The Hall–Kier alpha value is -2.22. The number of amides is 1. The van der Waals surface area contributed by atoms with Gasteiger partial charge in [-0.25, -0.2) is 13.1 Å². The molecule has 1 N–H and O–H groups in total. The molecule has 29 heavy (non-hydrogen) atoms. The van der Waals surface area contributed by atoms with E-state index in [9.17, 15) is 13.2 Å². The maximum absolute atomic E-state index is 12.9. The topological polar surface area (TPSA) is 69.7 Å². The van der Waals surface area contributed by atoms with Gasteiger partial charge in [-0.2, -0.15) is 0 Å². The highest BCUT2D eigenvalue weighted by atomic mass is 32.2. The van der Waals surface area contributed by atoms with Gasteiger partial charge in [0.2, 0.25) is 10.0 Å². The molecule has 1 aliphatic carbocycles. The predicted molar refractivity (Wildman–Crippen MR) is 112 cm³/mol. The molecule has 154 valence electrons. The molecule has 1 amide bonds. The Morgan fingerprint density at radius 3 is 2.34 bits per heavy atom. The smallest absolute Gasteiger partial charge is 0.253 e. The molecule has 6 nitrogen and oxygen atoms in total. The average Bonchev–Trinajstić information content (AvgIpc) is 3.56. The van der Waals surface area contributed by atoms with Crippen LogP contribution in [0.2, 0.25) is 0 Å². The molecule has 0 atom stereocenters. The van der Waals surface area contributed by atoms with Crippen molar-refractivity contribution in [3.8, 4) is 0 Å². The Balaban J connectivity index is 1.36. The highest BCUT2D eigenvalue weighted by Crippen LogP contribution is 2.22. The van der Waals surface area contributed by atoms with Gasteiger partial charge in [-0.1, -0.05) is 30.3 Å². The van der Waals surface area contributed by atoms with Crippen molar-refractivity contribution < 1.29 is 13.2 Å². The van der Waals surface area contributed by atoms with Crippen molar-refractivity contribution in [1.29, 1.82) is 0 Å². The summed E-state index contributed by atoms with van der Waals surface area (Å²) in [7, 11) is -3.49. The average molecular weight is 414 g/mol. The van der Waals surface area contributed by atoms with Crippen LogP contribution in [0.25, 0.3) is 0 Å². The van der Waals surface area contributed by atoms with Gasteiger partial charge in [0, 0.05) is 44.3 Å². The van der Waals surface area contributed by atoms with E-state index >= 15 is 0 Å². The van der Waals surface area contributed by atoms with E-state index in [4.69, 9.17) is 0 Å². The van der Waals surface area contributed by atoms with Gasteiger partial charge in [-0.05, 0) is 49.1 Å².